The number of phenolic OH excluding ortho intramolecular Hbond substituents is 1. The lowest BCUT2D eigenvalue weighted by molar-refractivity contribution is -0.134. The maximum absolute atomic E-state index is 13.8. The molecule has 4 N–H and O–H groups in total. The number of imidazole rings is 1. The monoisotopic (exact) mass is 715 g/mol. The number of likely N-dealkylation sites (tertiary alicyclic amines) is 1. The standard InChI is InChI=1S/C36H38BrN5O6/c1-47-36(46)41-29(34(44)42-18-8-14-31(42)33-39-20-30(40-33)27-16-15-22(37)19-32(27)43)13-6-7-17-38-35(45)48-21-28-25-11-4-2-9-23(25)24-10-3-5-12-26(24)28/h2-5,9-12,15-16,19-20,28-29,31,43H,6-8,13-14,17-18,21H2,1H3,(H,38,45)(H,39,40)(H,41,46). The van der Waals surface area contributed by atoms with Gasteiger partial charge in [0.25, 0.3) is 0 Å². The largest absolute Gasteiger partial charge is 0.507 e. The number of hydrogen-bond donors (Lipinski definition) is 4. The van der Waals surface area contributed by atoms with E-state index in [0.717, 1.165) is 22.0 Å². The Morgan fingerprint density at radius 3 is 2.46 bits per heavy atom. The summed E-state index contributed by atoms with van der Waals surface area (Å²) in [6, 6.07) is 20.5. The number of aromatic hydroxyl groups is 1. The highest BCUT2D eigenvalue weighted by Gasteiger charge is 2.36. The molecule has 3 amide bonds. The van der Waals surface area contributed by atoms with Gasteiger partial charge < -0.3 is 35.1 Å². The third-order valence-electron chi connectivity index (χ3n) is 8.99. The summed E-state index contributed by atoms with van der Waals surface area (Å²) < 4.78 is 11.2. The van der Waals surface area contributed by atoms with Crippen molar-refractivity contribution in [3.05, 3.63) is 94.4 Å². The van der Waals surface area contributed by atoms with Gasteiger partial charge in [-0.3, -0.25) is 4.79 Å². The van der Waals surface area contributed by atoms with Crippen LogP contribution < -0.4 is 10.6 Å². The Morgan fingerprint density at radius 1 is 1.02 bits per heavy atom. The van der Waals surface area contributed by atoms with Crippen molar-refractivity contribution in [3.63, 3.8) is 0 Å². The fourth-order valence-electron chi connectivity index (χ4n) is 6.65. The average Bonchev–Trinajstić information content (AvgIpc) is 3.84. The van der Waals surface area contributed by atoms with E-state index >= 15 is 0 Å². The smallest absolute Gasteiger partial charge is 0.407 e. The first-order valence-corrected chi connectivity index (χ1v) is 16.9. The molecule has 1 aromatic heterocycles. The lowest BCUT2D eigenvalue weighted by atomic mass is 9.98. The van der Waals surface area contributed by atoms with E-state index in [9.17, 15) is 19.5 Å². The van der Waals surface area contributed by atoms with Crippen molar-refractivity contribution in [1.29, 1.82) is 0 Å². The molecule has 250 valence electrons. The molecule has 0 saturated carbocycles. The molecule has 2 heterocycles. The number of unbranched alkanes of at least 4 members (excludes halogenated alkanes) is 1. The zero-order valence-electron chi connectivity index (χ0n) is 26.6. The van der Waals surface area contributed by atoms with E-state index in [1.807, 2.05) is 30.3 Å². The van der Waals surface area contributed by atoms with Crippen molar-refractivity contribution in [2.45, 2.75) is 50.1 Å². The highest BCUT2D eigenvalue weighted by atomic mass is 79.9. The fraction of sp³-hybridized carbons (Fsp3) is 0.333. The first-order chi connectivity index (χ1) is 23.3. The molecule has 1 fully saturated rings. The zero-order chi connectivity index (χ0) is 33.6. The summed E-state index contributed by atoms with van der Waals surface area (Å²) in [6.45, 7) is 1.12. The second-order valence-electron chi connectivity index (χ2n) is 12.0. The van der Waals surface area contributed by atoms with Crippen molar-refractivity contribution < 1.29 is 29.0 Å². The van der Waals surface area contributed by atoms with Crippen molar-refractivity contribution in [2.75, 3.05) is 26.8 Å². The van der Waals surface area contributed by atoms with Crippen LogP contribution in [0.3, 0.4) is 0 Å². The number of methoxy groups -OCH3 is 1. The maximum atomic E-state index is 13.8. The van der Waals surface area contributed by atoms with Crippen LogP contribution >= 0.6 is 15.9 Å². The Bertz CT molecular complexity index is 1750. The molecule has 11 nitrogen and oxygen atoms in total. The molecular formula is C36H38BrN5O6. The summed E-state index contributed by atoms with van der Waals surface area (Å²) in [7, 11) is 1.26. The van der Waals surface area contributed by atoms with Crippen molar-refractivity contribution in [3.8, 4) is 28.1 Å². The van der Waals surface area contributed by atoms with Crippen LogP contribution in [-0.4, -0.2) is 70.9 Å². The van der Waals surface area contributed by atoms with Crippen LogP contribution in [0.25, 0.3) is 22.4 Å². The summed E-state index contributed by atoms with van der Waals surface area (Å²) in [5.74, 6) is 0.464. The Kier molecular flexibility index (Phi) is 10.3. The number of rotatable bonds is 11. The molecule has 6 rings (SSSR count). The van der Waals surface area contributed by atoms with Crippen LogP contribution in [0, 0.1) is 0 Å². The van der Waals surface area contributed by atoms with Gasteiger partial charge in [-0.2, -0.15) is 0 Å². The van der Waals surface area contributed by atoms with Crippen LogP contribution in [0.4, 0.5) is 9.59 Å². The maximum Gasteiger partial charge on any atom is 0.407 e. The van der Waals surface area contributed by atoms with Crippen molar-refractivity contribution >= 4 is 34.0 Å². The lowest BCUT2D eigenvalue weighted by Crippen LogP contribution is -2.48. The van der Waals surface area contributed by atoms with E-state index < -0.39 is 18.2 Å². The number of H-pyrrole nitrogens is 1. The van der Waals surface area contributed by atoms with Gasteiger partial charge in [0, 0.05) is 35.2 Å². The van der Waals surface area contributed by atoms with Gasteiger partial charge in [-0.25, -0.2) is 14.6 Å². The summed E-state index contributed by atoms with van der Waals surface area (Å²) in [4.78, 5) is 48.2. The number of aromatic nitrogens is 2. The van der Waals surface area contributed by atoms with Gasteiger partial charge in [-0.15, -0.1) is 0 Å². The third kappa shape index (κ3) is 7.18. The first-order valence-electron chi connectivity index (χ1n) is 16.1. The number of carbonyl (C=O) groups excluding carboxylic acids is 3. The Morgan fingerprint density at radius 2 is 1.75 bits per heavy atom. The topological polar surface area (TPSA) is 146 Å². The van der Waals surface area contributed by atoms with Crippen LogP contribution in [0.5, 0.6) is 5.75 Å². The van der Waals surface area contributed by atoms with E-state index in [1.165, 1.54) is 18.2 Å². The molecule has 0 spiro atoms. The molecule has 0 radical (unpaired) electrons. The number of amides is 3. The predicted molar refractivity (Wildman–Crippen MR) is 183 cm³/mol. The third-order valence-corrected chi connectivity index (χ3v) is 9.49. The number of ether oxygens (including phenoxy) is 2. The summed E-state index contributed by atoms with van der Waals surface area (Å²) >= 11 is 3.35. The number of phenols is 1. The highest BCUT2D eigenvalue weighted by Crippen LogP contribution is 2.44. The number of hydrogen-bond acceptors (Lipinski definition) is 7. The van der Waals surface area contributed by atoms with Crippen LogP contribution in [0.15, 0.2) is 77.4 Å². The van der Waals surface area contributed by atoms with Gasteiger partial charge >= 0.3 is 12.2 Å². The number of aromatic amines is 1. The summed E-state index contributed by atoms with van der Waals surface area (Å²) in [5.41, 5.74) is 5.79. The minimum absolute atomic E-state index is 0.0191. The van der Waals surface area contributed by atoms with E-state index in [-0.39, 0.29) is 30.2 Å². The summed E-state index contributed by atoms with van der Waals surface area (Å²) in [5, 5.41) is 15.9. The van der Waals surface area contributed by atoms with Crippen LogP contribution in [-0.2, 0) is 14.3 Å². The molecule has 12 heteroatoms. The average molecular weight is 717 g/mol. The van der Waals surface area contributed by atoms with Gasteiger partial charge in [0.1, 0.15) is 24.2 Å². The molecule has 48 heavy (non-hydrogen) atoms. The highest BCUT2D eigenvalue weighted by molar-refractivity contribution is 9.10. The van der Waals surface area contributed by atoms with E-state index in [4.69, 9.17) is 14.5 Å². The van der Waals surface area contributed by atoms with E-state index in [1.54, 1.807) is 23.2 Å². The number of nitrogens with one attached hydrogen (secondary N) is 3. The molecule has 3 aromatic carbocycles. The fourth-order valence-corrected chi connectivity index (χ4v) is 7.00. The zero-order valence-corrected chi connectivity index (χ0v) is 28.2. The van der Waals surface area contributed by atoms with Crippen LogP contribution in [0.2, 0.25) is 0 Å². The van der Waals surface area contributed by atoms with Crippen LogP contribution in [0.1, 0.15) is 61.0 Å². The molecule has 2 aliphatic rings. The first kappa shape index (κ1) is 33.1. The molecule has 4 aromatic rings. The van der Waals surface area contributed by atoms with Gasteiger partial charge in [0.15, 0.2) is 0 Å². The molecule has 1 saturated heterocycles. The van der Waals surface area contributed by atoms with Gasteiger partial charge in [-0.05, 0) is 72.6 Å². The van der Waals surface area contributed by atoms with E-state index in [0.29, 0.717) is 55.9 Å². The molecule has 2 unspecified atom stereocenters. The summed E-state index contributed by atoms with van der Waals surface area (Å²) in [6.07, 6.45) is 3.53. The van der Waals surface area contributed by atoms with E-state index in [2.05, 4.69) is 55.8 Å². The second kappa shape index (κ2) is 14.9. The molecular weight excluding hydrogens is 678 g/mol. The van der Waals surface area contributed by atoms with Crippen molar-refractivity contribution in [1.82, 2.24) is 25.5 Å². The number of fused-ring (bicyclic) bond motifs is 3. The predicted octanol–water partition coefficient (Wildman–Crippen LogP) is 6.64. The normalized spacial score (nSPS) is 15.8. The molecule has 0 bridgehead atoms. The second-order valence-corrected chi connectivity index (χ2v) is 12.9. The number of carbonyl (C=O) groups is 3. The Labute approximate surface area is 287 Å². The SMILES string of the molecule is COC(=O)NC(CCCCNC(=O)OCC1c2ccccc2-c2ccccc21)C(=O)N1CCCC1c1nc(-c2ccc(Br)cc2O)c[nH]1. The minimum Gasteiger partial charge on any atom is -0.507 e. The Hall–Kier alpha value is -4.84. The molecule has 1 aliphatic carbocycles. The number of nitrogens with zero attached hydrogens (tertiary/aromatic N) is 2. The quantitative estimate of drug-likeness (QED) is 0.127. The number of benzene rings is 3. The minimum atomic E-state index is -0.808. The van der Waals surface area contributed by atoms with Gasteiger partial charge in [-0.1, -0.05) is 64.5 Å². The van der Waals surface area contributed by atoms with Crippen molar-refractivity contribution in [2.24, 2.45) is 0 Å². The van der Waals surface area contributed by atoms with Gasteiger partial charge in [0.2, 0.25) is 5.91 Å². The molecule has 1 aliphatic heterocycles. The number of halogens is 1. The number of alkyl carbamates (subject to hydrolysis) is 2. The molecule has 2 atom stereocenters. The Balaban J connectivity index is 1.01. The lowest BCUT2D eigenvalue weighted by Gasteiger charge is -2.28. The van der Waals surface area contributed by atoms with Gasteiger partial charge in [0.05, 0.1) is 18.8 Å².